The lowest BCUT2D eigenvalue weighted by atomic mass is 10.0. The van der Waals surface area contributed by atoms with Gasteiger partial charge in [-0.25, -0.2) is 23.4 Å². The van der Waals surface area contributed by atoms with Gasteiger partial charge in [0, 0.05) is 58.2 Å². The Balaban J connectivity index is 0.000000805. The van der Waals surface area contributed by atoms with E-state index in [-0.39, 0.29) is 0 Å². The van der Waals surface area contributed by atoms with Crippen LogP contribution in [-0.4, -0.2) is 105 Å². The van der Waals surface area contributed by atoms with E-state index < -0.39 is 0 Å². The molecule has 7 rings (SSSR count). The number of unbranched alkanes of at least 4 members (excludes halogenated alkanes) is 22. The van der Waals surface area contributed by atoms with E-state index in [0.29, 0.717) is 0 Å². The Morgan fingerprint density at radius 1 is 0.159 bits per heavy atom. The summed E-state index contributed by atoms with van der Waals surface area (Å²) < 4.78 is 14.6. The number of nitrogens with zero attached hydrogens (tertiary/aromatic N) is 21. The van der Waals surface area contributed by atoms with Gasteiger partial charge in [0.1, 0.15) is 0 Å². The van der Waals surface area contributed by atoms with Crippen LogP contribution in [0, 0.1) is 82.9 Å². The molecule has 138 heavy (non-hydrogen) atoms. The molecule has 0 aliphatic carbocycles. The van der Waals surface area contributed by atoms with E-state index in [1.165, 1.54) is 330 Å². The van der Waals surface area contributed by atoms with Gasteiger partial charge in [-0.2, -0.15) is 0 Å². The molecule has 7 heterocycles. The smallest absolute Gasteiger partial charge is 0.0827 e. The predicted molar refractivity (Wildman–Crippen MR) is 591 cm³/mol. The summed E-state index contributed by atoms with van der Waals surface area (Å²) in [5.74, 6) is 11.3. The van der Waals surface area contributed by atoms with Gasteiger partial charge < -0.3 is 0 Å². The Hall–Kier alpha value is -6.02. The summed E-state index contributed by atoms with van der Waals surface area (Å²) in [4.78, 5) is 0. The zero-order valence-corrected chi connectivity index (χ0v) is 96.1. The molecule has 7 aromatic rings. The van der Waals surface area contributed by atoms with Gasteiger partial charge in [-0.15, -0.1) is 35.7 Å². The van der Waals surface area contributed by atoms with Gasteiger partial charge in [0.15, 0.2) is 0 Å². The van der Waals surface area contributed by atoms with Gasteiger partial charge >= 0.3 is 0 Å². The Bertz CT molecular complexity index is 3490. The highest BCUT2D eigenvalue weighted by Gasteiger charge is 2.14. The molecular weight excluding hydrogens is 1700 g/mol. The van der Waals surface area contributed by atoms with Gasteiger partial charge in [0.05, 0.1) is 70.8 Å². The van der Waals surface area contributed by atoms with E-state index in [0.717, 1.165) is 185 Å². The molecule has 0 aliphatic heterocycles. The third kappa shape index (κ3) is 79.4. The monoisotopic (exact) mass is 1930 g/mol. The second kappa shape index (κ2) is 86.5. The van der Waals surface area contributed by atoms with Gasteiger partial charge in [0.25, 0.3) is 0 Å². The van der Waals surface area contributed by atoms with Crippen molar-refractivity contribution in [3.05, 3.63) is 83.2 Å². The normalized spacial score (nSPS) is 11.7. The van der Waals surface area contributed by atoms with E-state index >= 15 is 0 Å². The summed E-state index contributed by atoms with van der Waals surface area (Å²) in [7, 11) is 0. The minimum absolute atomic E-state index is 0.730. The predicted octanol–water partition coefficient (Wildman–Crippen LogP) is 33.3. The van der Waals surface area contributed by atoms with E-state index in [4.69, 9.17) is 0 Å². The minimum atomic E-state index is 0.730. The number of aryl methyl sites for hydroxylation is 14. The number of hydrogen-bond acceptors (Lipinski definition) is 14. The molecule has 0 amide bonds. The van der Waals surface area contributed by atoms with E-state index in [2.05, 4.69) is 302 Å². The second-order valence-electron chi connectivity index (χ2n) is 47.2. The molecule has 0 spiro atoms. The van der Waals surface area contributed by atoms with Crippen molar-refractivity contribution < 1.29 is 0 Å². The zero-order valence-electron chi connectivity index (χ0n) is 96.1. The standard InChI is InChI=1S/5C17H33N3.2C16H31N3/c2*1-15(2)10-6-5-7-12-17-14-18-19-20(17)13-9-8-11-16(3)4;2*1-15(2)10-7-5-6-8-12-17-14-18-19-20(17)13-9-11-16(3)4;1-15(2)10-8-6-5-7-9-11-17-14-18-19-20(17)13-12-16(3)4;2*1-14(2)9-7-5-6-8-12-19-13-16(17-18-19)11-10-15(3)4/h5*14-16H,5-13H2,1-4H3;2*13-15H,5-12H2,1-4H3. The van der Waals surface area contributed by atoms with E-state index in [1.54, 1.807) is 0 Å². The molecule has 0 unspecified atom stereocenters. The summed E-state index contributed by atoms with van der Waals surface area (Å²) >= 11 is 0. The first-order valence-corrected chi connectivity index (χ1v) is 58.3. The molecule has 7 aromatic heterocycles. The Morgan fingerprint density at radius 3 is 0.565 bits per heavy atom. The molecule has 0 saturated carbocycles. The number of aromatic nitrogens is 21. The number of hydrogen-bond donors (Lipinski definition) is 0. The van der Waals surface area contributed by atoms with Crippen LogP contribution in [0.4, 0.5) is 0 Å². The summed E-state index contributed by atoms with van der Waals surface area (Å²) in [6.07, 6.45) is 83.5. The molecule has 0 bridgehead atoms. The van der Waals surface area contributed by atoms with Crippen LogP contribution >= 0.6 is 0 Å². The van der Waals surface area contributed by atoms with Crippen molar-refractivity contribution in [2.75, 3.05) is 0 Å². The molecule has 0 aliphatic rings. The van der Waals surface area contributed by atoms with Crippen molar-refractivity contribution in [1.82, 2.24) is 105 Å². The zero-order chi connectivity index (χ0) is 102. The SMILES string of the molecule is CC(C)CCCCCCCc1cnnn1CCC(C)C.CC(C)CCCCCCc1cnnn1CCCC(C)C.CC(C)CCCCCCc1cnnn1CCCC(C)C.CC(C)CCCCCCn1cc(CCC(C)C)nn1.CC(C)CCCCCCn1cc(CCC(C)C)nn1.CC(C)CCCCCc1cnnn1CCCCC(C)C.CC(C)CCCCCc1cnnn1CCCCC(C)C. The topological polar surface area (TPSA) is 215 Å². The van der Waals surface area contributed by atoms with E-state index in [1.807, 2.05) is 40.3 Å². The Labute approximate surface area is 852 Å². The lowest BCUT2D eigenvalue weighted by Gasteiger charge is -2.08. The Kier molecular flexibility index (Phi) is 81.4. The fraction of sp³-hybridized carbons (Fsp3) is 0.880. The summed E-state index contributed by atoms with van der Waals surface area (Å²) in [6.45, 7) is 71.2. The average Bonchev–Trinajstić information content (AvgIpc) is 1.28. The maximum absolute atomic E-state index is 4.24. The van der Waals surface area contributed by atoms with Crippen LogP contribution in [0.1, 0.15) is 536 Å². The van der Waals surface area contributed by atoms with Crippen LogP contribution in [0.3, 0.4) is 0 Å². The van der Waals surface area contributed by atoms with Crippen molar-refractivity contribution in [3.63, 3.8) is 0 Å². The maximum atomic E-state index is 4.24. The highest BCUT2D eigenvalue weighted by Crippen LogP contribution is 2.22. The molecule has 0 saturated heterocycles. The summed E-state index contributed by atoms with van der Waals surface area (Å²) in [5.41, 5.74) is 8.88. The fourth-order valence-corrected chi connectivity index (χ4v) is 16.9. The van der Waals surface area contributed by atoms with Gasteiger partial charge in [-0.1, -0.05) is 429 Å². The molecule has 0 fully saturated rings. The van der Waals surface area contributed by atoms with Crippen molar-refractivity contribution in [1.29, 1.82) is 0 Å². The molecule has 0 atom stereocenters. The first kappa shape index (κ1) is 130. The van der Waals surface area contributed by atoms with Crippen LogP contribution in [0.15, 0.2) is 43.4 Å². The van der Waals surface area contributed by atoms with Crippen LogP contribution < -0.4 is 0 Å². The van der Waals surface area contributed by atoms with Crippen LogP contribution in [-0.2, 0) is 90.8 Å². The summed E-state index contributed by atoms with van der Waals surface area (Å²) in [6, 6.07) is 0. The van der Waals surface area contributed by atoms with Crippen LogP contribution in [0.25, 0.3) is 0 Å². The lowest BCUT2D eigenvalue weighted by molar-refractivity contribution is 0.462. The lowest BCUT2D eigenvalue weighted by Crippen LogP contribution is -2.07. The molecule has 0 aromatic carbocycles. The molecule has 21 heteroatoms. The van der Waals surface area contributed by atoms with Crippen molar-refractivity contribution in [2.24, 2.45) is 82.9 Å². The third-order valence-electron chi connectivity index (χ3n) is 26.1. The van der Waals surface area contributed by atoms with Crippen LogP contribution in [0.2, 0.25) is 0 Å². The summed E-state index contributed by atoms with van der Waals surface area (Å²) in [5, 5.41) is 58.3. The third-order valence-corrected chi connectivity index (χ3v) is 26.1. The molecule has 21 nitrogen and oxygen atoms in total. The van der Waals surface area contributed by atoms with Crippen molar-refractivity contribution >= 4 is 0 Å². The van der Waals surface area contributed by atoms with Crippen LogP contribution in [0.5, 0.6) is 0 Å². The largest absolute Gasteiger partial charge is 0.252 e. The first-order chi connectivity index (χ1) is 66.1. The Morgan fingerprint density at radius 2 is 0.333 bits per heavy atom. The second-order valence-corrected chi connectivity index (χ2v) is 47.2. The van der Waals surface area contributed by atoms with Gasteiger partial charge in [-0.05, 0) is 231 Å². The number of rotatable bonds is 75. The highest BCUT2D eigenvalue weighted by molar-refractivity contribution is 4.99. The van der Waals surface area contributed by atoms with Crippen molar-refractivity contribution in [2.45, 2.75) is 586 Å². The van der Waals surface area contributed by atoms with Gasteiger partial charge in [-0.3, -0.25) is 9.36 Å². The van der Waals surface area contributed by atoms with Gasteiger partial charge in [0.2, 0.25) is 0 Å². The van der Waals surface area contributed by atoms with E-state index in [9.17, 15) is 0 Å². The molecule has 0 radical (unpaired) electrons. The highest BCUT2D eigenvalue weighted by atomic mass is 15.5. The minimum Gasteiger partial charge on any atom is -0.252 e. The maximum Gasteiger partial charge on any atom is 0.0827 e. The quantitative estimate of drug-likeness (QED) is 0.0324. The molecular formula is C117H227N21. The first-order valence-electron chi connectivity index (χ1n) is 58.3. The van der Waals surface area contributed by atoms with Crippen molar-refractivity contribution in [3.8, 4) is 0 Å². The average molecular weight is 1930 g/mol. The molecule has 800 valence electrons. The fourth-order valence-electron chi connectivity index (χ4n) is 16.9. The molecule has 0 N–H and O–H groups in total.